The van der Waals surface area contributed by atoms with E-state index in [-0.39, 0.29) is 5.37 Å². The van der Waals surface area contributed by atoms with Crippen molar-refractivity contribution < 1.29 is 0 Å². The molecule has 0 amide bonds. The lowest BCUT2D eigenvalue weighted by atomic mass is 10.2. The van der Waals surface area contributed by atoms with Crippen molar-refractivity contribution in [2.24, 2.45) is 0 Å². The molecule has 0 saturated carbocycles. The molecule has 3 aromatic rings. The summed E-state index contributed by atoms with van der Waals surface area (Å²) in [6.45, 7) is 4.28. The third-order valence-electron chi connectivity index (χ3n) is 3.33. The Bertz CT molecular complexity index is 703. The lowest BCUT2D eigenvalue weighted by Gasteiger charge is -2.12. The first-order valence-corrected chi connectivity index (χ1v) is 7.76. The second-order valence-corrected chi connectivity index (χ2v) is 6.22. The number of hydrogen-bond acceptors (Lipinski definition) is 3. The number of nitrogens with zero attached hydrogens (tertiary/aromatic N) is 3. The number of hydrogen-bond donors (Lipinski definition) is 0. The Labute approximate surface area is 123 Å². The fourth-order valence-corrected chi connectivity index (χ4v) is 3.05. The van der Waals surface area contributed by atoms with E-state index in [4.69, 9.17) is 0 Å². The van der Waals surface area contributed by atoms with E-state index in [1.165, 1.54) is 11.1 Å². The van der Waals surface area contributed by atoms with Crippen molar-refractivity contribution in [2.75, 3.05) is 0 Å². The molecule has 2 aromatic carbocycles. The van der Waals surface area contributed by atoms with E-state index in [1.807, 2.05) is 34.6 Å². The molecule has 4 heteroatoms. The van der Waals surface area contributed by atoms with Crippen molar-refractivity contribution >= 4 is 22.8 Å². The minimum Gasteiger partial charge on any atom is -0.232 e. The molecule has 0 fully saturated rings. The third-order valence-corrected chi connectivity index (χ3v) is 4.52. The summed E-state index contributed by atoms with van der Waals surface area (Å²) in [6, 6.07) is 16.8. The van der Waals surface area contributed by atoms with Gasteiger partial charge < -0.3 is 0 Å². The SMILES string of the molecule is Cc1ccc(CSC(C)n2nnc3ccccc32)cc1. The minimum atomic E-state index is 0.267. The molecule has 1 unspecified atom stereocenters. The summed E-state index contributed by atoms with van der Waals surface area (Å²) in [5.41, 5.74) is 4.69. The predicted octanol–water partition coefficient (Wildman–Crippen LogP) is 4.19. The van der Waals surface area contributed by atoms with Crippen LogP contribution in [-0.2, 0) is 5.75 Å². The Morgan fingerprint density at radius 3 is 2.65 bits per heavy atom. The highest BCUT2D eigenvalue weighted by molar-refractivity contribution is 7.98. The number of aryl methyl sites for hydroxylation is 1. The van der Waals surface area contributed by atoms with Gasteiger partial charge >= 0.3 is 0 Å². The van der Waals surface area contributed by atoms with Crippen LogP contribution in [0.4, 0.5) is 0 Å². The average Bonchev–Trinajstić information content (AvgIpc) is 2.90. The van der Waals surface area contributed by atoms with Gasteiger partial charge in [-0.3, -0.25) is 0 Å². The van der Waals surface area contributed by atoms with Crippen molar-refractivity contribution in [3.63, 3.8) is 0 Å². The van der Waals surface area contributed by atoms with Gasteiger partial charge in [-0.15, -0.1) is 16.9 Å². The molecule has 3 rings (SSSR count). The Hall–Kier alpha value is -1.81. The van der Waals surface area contributed by atoms with Crippen molar-refractivity contribution in [1.82, 2.24) is 15.0 Å². The number of para-hydroxylation sites is 1. The maximum Gasteiger partial charge on any atom is 0.113 e. The highest BCUT2D eigenvalue weighted by Gasteiger charge is 2.11. The second-order valence-electron chi connectivity index (χ2n) is 4.92. The Morgan fingerprint density at radius 2 is 1.85 bits per heavy atom. The fraction of sp³-hybridized carbons (Fsp3) is 0.250. The van der Waals surface area contributed by atoms with E-state index in [1.54, 1.807) is 0 Å². The number of fused-ring (bicyclic) bond motifs is 1. The van der Waals surface area contributed by atoms with Gasteiger partial charge in [-0.1, -0.05) is 47.2 Å². The van der Waals surface area contributed by atoms with Crippen LogP contribution < -0.4 is 0 Å². The third kappa shape index (κ3) is 2.70. The lowest BCUT2D eigenvalue weighted by molar-refractivity contribution is 0.630. The molecule has 20 heavy (non-hydrogen) atoms. The standard InChI is InChI=1S/C16H17N3S/c1-12-7-9-14(10-8-12)11-20-13(2)19-16-6-4-3-5-15(16)17-18-19/h3-10,13H,11H2,1-2H3. The van der Waals surface area contributed by atoms with Crippen molar-refractivity contribution in [2.45, 2.75) is 25.0 Å². The molecule has 1 heterocycles. The zero-order valence-electron chi connectivity index (χ0n) is 11.7. The first kappa shape index (κ1) is 13.2. The molecule has 0 radical (unpaired) electrons. The minimum absolute atomic E-state index is 0.267. The summed E-state index contributed by atoms with van der Waals surface area (Å²) in [7, 11) is 0. The molecular formula is C16H17N3S. The molecule has 0 aliphatic carbocycles. The molecular weight excluding hydrogens is 266 g/mol. The van der Waals surface area contributed by atoms with Gasteiger partial charge in [0.1, 0.15) is 5.52 Å². The molecule has 0 aliphatic rings. The Kier molecular flexibility index (Phi) is 3.74. The van der Waals surface area contributed by atoms with Crippen LogP contribution in [0.15, 0.2) is 48.5 Å². The van der Waals surface area contributed by atoms with E-state index in [0.29, 0.717) is 0 Å². The van der Waals surface area contributed by atoms with Crippen molar-refractivity contribution in [3.8, 4) is 0 Å². The maximum absolute atomic E-state index is 4.27. The van der Waals surface area contributed by atoms with Crippen LogP contribution in [0, 0.1) is 6.92 Å². The summed E-state index contributed by atoms with van der Waals surface area (Å²) >= 11 is 1.87. The van der Waals surface area contributed by atoms with Gasteiger partial charge in [0.25, 0.3) is 0 Å². The molecule has 0 spiro atoms. The maximum atomic E-state index is 4.27. The Morgan fingerprint density at radius 1 is 1.10 bits per heavy atom. The van der Waals surface area contributed by atoms with Gasteiger partial charge in [0.05, 0.1) is 10.9 Å². The van der Waals surface area contributed by atoms with Crippen LogP contribution in [0.5, 0.6) is 0 Å². The van der Waals surface area contributed by atoms with Gasteiger partial charge in [-0.2, -0.15) is 0 Å². The largest absolute Gasteiger partial charge is 0.232 e. The molecule has 0 N–H and O–H groups in total. The van der Waals surface area contributed by atoms with Crippen LogP contribution in [-0.4, -0.2) is 15.0 Å². The van der Waals surface area contributed by atoms with Crippen LogP contribution in [0.2, 0.25) is 0 Å². The molecule has 0 aliphatic heterocycles. The van der Waals surface area contributed by atoms with Crippen LogP contribution in [0.1, 0.15) is 23.4 Å². The van der Waals surface area contributed by atoms with Gasteiger partial charge in [-0.25, -0.2) is 4.68 Å². The van der Waals surface area contributed by atoms with Crippen LogP contribution in [0.25, 0.3) is 11.0 Å². The smallest absolute Gasteiger partial charge is 0.113 e. The van der Waals surface area contributed by atoms with Crippen molar-refractivity contribution in [1.29, 1.82) is 0 Å². The number of thioether (sulfide) groups is 1. The van der Waals surface area contributed by atoms with Crippen LogP contribution in [0.3, 0.4) is 0 Å². The normalized spacial score (nSPS) is 12.7. The quantitative estimate of drug-likeness (QED) is 0.719. The average molecular weight is 283 g/mol. The van der Waals surface area contributed by atoms with Gasteiger partial charge in [-0.05, 0) is 31.5 Å². The Balaban J connectivity index is 1.73. The summed E-state index contributed by atoms with van der Waals surface area (Å²) < 4.78 is 1.99. The van der Waals surface area contributed by atoms with Crippen molar-refractivity contribution in [3.05, 3.63) is 59.7 Å². The molecule has 0 bridgehead atoms. The van der Waals surface area contributed by atoms with Gasteiger partial charge in [0.2, 0.25) is 0 Å². The fourth-order valence-electron chi connectivity index (χ4n) is 2.13. The lowest BCUT2D eigenvalue weighted by Crippen LogP contribution is -2.03. The summed E-state index contributed by atoms with van der Waals surface area (Å²) in [5, 5.41) is 8.74. The first-order chi connectivity index (χ1) is 9.74. The van der Waals surface area contributed by atoms with E-state index < -0.39 is 0 Å². The monoisotopic (exact) mass is 283 g/mol. The zero-order chi connectivity index (χ0) is 13.9. The molecule has 3 nitrogen and oxygen atoms in total. The molecule has 1 atom stereocenters. The number of rotatable bonds is 4. The van der Waals surface area contributed by atoms with E-state index in [0.717, 1.165) is 16.8 Å². The topological polar surface area (TPSA) is 30.7 Å². The molecule has 1 aromatic heterocycles. The first-order valence-electron chi connectivity index (χ1n) is 6.71. The van der Waals surface area contributed by atoms with E-state index in [9.17, 15) is 0 Å². The van der Waals surface area contributed by atoms with E-state index >= 15 is 0 Å². The van der Waals surface area contributed by atoms with Crippen LogP contribution >= 0.6 is 11.8 Å². The molecule has 102 valence electrons. The summed E-state index contributed by atoms with van der Waals surface area (Å²) in [4.78, 5) is 0. The molecule has 0 saturated heterocycles. The van der Waals surface area contributed by atoms with Gasteiger partial charge in [0.15, 0.2) is 0 Å². The number of aromatic nitrogens is 3. The highest BCUT2D eigenvalue weighted by Crippen LogP contribution is 2.28. The summed E-state index contributed by atoms with van der Waals surface area (Å²) in [6.07, 6.45) is 0. The second kappa shape index (κ2) is 5.67. The van der Waals surface area contributed by atoms with E-state index in [2.05, 4.69) is 54.5 Å². The predicted molar refractivity (Wildman–Crippen MR) is 84.7 cm³/mol. The summed E-state index contributed by atoms with van der Waals surface area (Å²) in [5.74, 6) is 0.982. The van der Waals surface area contributed by atoms with Gasteiger partial charge in [0, 0.05) is 5.75 Å². The zero-order valence-corrected chi connectivity index (χ0v) is 12.5. The number of benzene rings is 2. The highest BCUT2D eigenvalue weighted by atomic mass is 32.2.